The Hall–Kier alpha value is -1.11. The predicted octanol–water partition coefficient (Wildman–Crippen LogP) is -0.101. The Balaban J connectivity index is 0. The average Bonchev–Trinajstić information content (AvgIpc) is 2.03. The molecule has 0 fully saturated rings. The maximum atomic E-state index is 12.3. The number of carbonyl (C=O) groups is 2. The Morgan fingerprint density at radius 2 is 1.85 bits per heavy atom. The van der Waals surface area contributed by atoms with Gasteiger partial charge in [0.2, 0.25) is 5.78 Å². The first-order valence-electron chi connectivity index (χ1n) is 3.11. The number of carbonyl (C=O) groups excluding carboxylic acids is 2. The zero-order valence-electron chi connectivity index (χ0n) is 6.77. The summed E-state index contributed by atoms with van der Waals surface area (Å²) in [7, 11) is 0. The quantitative estimate of drug-likeness (QED) is 0.471. The fraction of sp³-hybridized carbons (Fsp3) is 0.667. The van der Waals surface area contributed by atoms with Crippen LogP contribution in [-0.2, 0) is 14.3 Å². The van der Waals surface area contributed by atoms with Crippen molar-refractivity contribution in [1.29, 1.82) is 0 Å². The van der Waals surface area contributed by atoms with Gasteiger partial charge in [0, 0.05) is 0 Å². The van der Waals surface area contributed by atoms with E-state index in [0.29, 0.717) is 0 Å². The standard InChI is InChI=1S/C6H7F3O3.H2O/c1-2-12-5(11)6(8,9)4(10)3-7;/h2-3H2,1H3;1H2. The van der Waals surface area contributed by atoms with Crippen molar-refractivity contribution in [3.63, 3.8) is 0 Å². The molecule has 0 aliphatic rings. The SMILES string of the molecule is CCOC(=O)C(F)(F)C(=O)CF.O. The van der Waals surface area contributed by atoms with Crippen molar-refractivity contribution in [2.45, 2.75) is 12.8 Å². The molecule has 2 N–H and O–H groups in total. The van der Waals surface area contributed by atoms with Gasteiger partial charge in [-0.15, -0.1) is 0 Å². The summed E-state index contributed by atoms with van der Waals surface area (Å²) in [4.78, 5) is 20.4. The summed E-state index contributed by atoms with van der Waals surface area (Å²) in [6.45, 7) is -0.867. The number of hydrogen-bond donors (Lipinski definition) is 0. The molecule has 0 saturated heterocycles. The van der Waals surface area contributed by atoms with E-state index in [0.717, 1.165) is 0 Å². The fourth-order valence-corrected chi connectivity index (χ4v) is 0.419. The van der Waals surface area contributed by atoms with Gasteiger partial charge >= 0.3 is 11.9 Å². The van der Waals surface area contributed by atoms with Crippen LogP contribution < -0.4 is 0 Å². The first-order valence-corrected chi connectivity index (χ1v) is 3.11. The molecule has 0 aromatic carbocycles. The van der Waals surface area contributed by atoms with Crippen LogP contribution in [0, 0.1) is 0 Å². The maximum absolute atomic E-state index is 12.3. The van der Waals surface area contributed by atoms with Crippen molar-refractivity contribution >= 4 is 11.8 Å². The van der Waals surface area contributed by atoms with E-state index in [1.54, 1.807) is 0 Å². The van der Waals surface area contributed by atoms with E-state index in [1.165, 1.54) is 6.92 Å². The molecule has 13 heavy (non-hydrogen) atoms. The molecule has 0 bridgehead atoms. The Bertz CT molecular complexity index is 192. The van der Waals surface area contributed by atoms with Gasteiger partial charge in [-0.2, -0.15) is 8.78 Å². The topological polar surface area (TPSA) is 74.9 Å². The molecule has 0 atom stereocenters. The van der Waals surface area contributed by atoms with E-state index in [2.05, 4.69) is 4.74 Å². The smallest absolute Gasteiger partial charge is 0.402 e. The molecule has 0 aliphatic carbocycles. The molecular formula is C6H9F3O4. The Kier molecular flexibility index (Phi) is 6.12. The normalized spacial score (nSPS) is 10.2. The first-order chi connectivity index (χ1) is 5.46. The highest BCUT2D eigenvalue weighted by Crippen LogP contribution is 2.16. The number of halogens is 3. The molecule has 0 radical (unpaired) electrons. The monoisotopic (exact) mass is 202 g/mol. The van der Waals surface area contributed by atoms with Gasteiger partial charge in [0.25, 0.3) is 0 Å². The summed E-state index contributed by atoms with van der Waals surface area (Å²) < 4.78 is 40.0. The van der Waals surface area contributed by atoms with Crippen molar-refractivity contribution < 1.29 is 33.0 Å². The molecule has 7 heteroatoms. The minimum absolute atomic E-state index is 0. The van der Waals surface area contributed by atoms with Crippen LogP contribution in [0.4, 0.5) is 13.2 Å². The van der Waals surface area contributed by atoms with Crippen LogP contribution >= 0.6 is 0 Å². The molecule has 78 valence electrons. The molecule has 0 heterocycles. The minimum atomic E-state index is -4.36. The molecule has 4 nitrogen and oxygen atoms in total. The van der Waals surface area contributed by atoms with Crippen molar-refractivity contribution in [2.24, 2.45) is 0 Å². The number of esters is 1. The third-order valence-electron chi connectivity index (χ3n) is 1.00. The number of rotatable bonds is 4. The molecule has 0 spiro atoms. The van der Waals surface area contributed by atoms with Crippen molar-refractivity contribution in [3.8, 4) is 0 Å². The lowest BCUT2D eigenvalue weighted by Gasteiger charge is -2.10. The minimum Gasteiger partial charge on any atom is -0.461 e. The highest BCUT2D eigenvalue weighted by atomic mass is 19.3. The molecule has 0 unspecified atom stereocenters. The highest BCUT2D eigenvalue weighted by Gasteiger charge is 2.48. The summed E-state index contributed by atoms with van der Waals surface area (Å²) in [5.74, 6) is -8.45. The Morgan fingerprint density at radius 1 is 1.38 bits per heavy atom. The molecular weight excluding hydrogens is 193 g/mol. The summed E-state index contributed by atoms with van der Waals surface area (Å²) in [5.41, 5.74) is 0. The first kappa shape index (κ1) is 14.4. The Morgan fingerprint density at radius 3 is 2.15 bits per heavy atom. The summed E-state index contributed by atoms with van der Waals surface area (Å²) in [5, 5.41) is 0. The molecule has 0 rings (SSSR count). The van der Waals surface area contributed by atoms with Gasteiger partial charge < -0.3 is 10.2 Å². The van der Waals surface area contributed by atoms with Gasteiger partial charge in [-0.05, 0) is 6.92 Å². The van der Waals surface area contributed by atoms with Crippen LogP contribution in [0.3, 0.4) is 0 Å². The van der Waals surface area contributed by atoms with Crippen molar-refractivity contribution in [3.05, 3.63) is 0 Å². The second-order valence-electron chi connectivity index (χ2n) is 1.85. The largest absolute Gasteiger partial charge is 0.461 e. The summed E-state index contributed by atoms with van der Waals surface area (Å²) >= 11 is 0. The third-order valence-corrected chi connectivity index (χ3v) is 1.00. The van der Waals surface area contributed by atoms with Gasteiger partial charge in [-0.1, -0.05) is 0 Å². The zero-order valence-corrected chi connectivity index (χ0v) is 6.77. The molecule has 0 aromatic heterocycles. The van der Waals surface area contributed by atoms with Gasteiger partial charge in [0.1, 0.15) is 0 Å². The van der Waals surface area contributed by atoms with E-state index in [9.17, 15) is 22.8 Å². The number of alkyl halides is 3. The van der Waals surface area contributed by atoms with Crippen LogP contribution in [0.1, 0.15) is 6.92 Å². The second kappa shape index (κ2) is 5.52. The predicted molar refractivity (Wildman–Crippen MR) is 36.2 cm³/mol. The van der Waals surface area contributed by atoms with Gasteiger partial charge in [-0.3, -0.25) is 4.79 Å². The highest BCUT2D eigenvalue weighted by molar-refractivity contribution is 6.05. The van der Waals surface area contributed by atoms with Crippen LogP contribution in [-0.4, -0.2) is 36.4 Å². The van der Waals surface area contributed by atoms with E-state index in [-0.39, 0.29) is 12.1 Å². The van der Waals surface area contributed by atoms with Gasteiger partial charge in [0.15, 0.2) is 6.67 Å². The second-order valence-corrected chi connectivity index (χ2v) is 1.85. The molecule has 0 amide bonds. The summed E-state index contributed by atoms with van der Waals surface area (Å²) in [6.07, 6.45) is 0. The third kappa shape index (κ3) is 3.41. The molecule has 0 aliphatic heterocycles. The van der Waals surface area contributed by atoms with Gasteiger partial charge in [-0.25, -0.2) is 9.18 Å². The van der Waals surface area contributed by atoms with Crippen LogP contribution in [0.15, 0.2) is 0 Å². The number of Topliss-reactive ketones (excluding diaryl/α,β-unsaturated/α-hetero) is 1. The van der Waals surface area contributed by atoms with E-state index in [4.69, 9.17) is 0 Å². The average molecular weight is 202 g/mol. The van der Waals surface area contributed by atoms with Crippen LogP contribution in [0.2, 0.25) is 0 Å². The Labute approximate surface area is 72.0 Å². The van der Waals surface area contributed by atoms with Crippen LogP contribution in [0.5, 0.6) is 0 Å². The molecule has 0 saturated carbocycles. The van der Waals surface area contributed by atoms with E-state index >= 15 is 0 Å². The van der Waals surface area contributed by atoms with E-state index < -0.39 is 24.3 Å². The number of ether oxygens (including phenoxy) is 1. The zero-order chi connectivity index (χ0) is 9.78. The van der Waals surface area contributed by atoms with Crippen LogP contribution in [0.25, 0.3) is 0 Å². The summed E-state index contributed by atoms with van der Waals surface area (Å²) in [6, 6.07) is 0. The number of hydrogen-bond acceptors (Lipinski definition) is 3. The lowest BCUT2D eigenvalue weighted by molar-refractivity contribution is -0.176. The lowest BCUT2D eigenvalue weighted by atomic mass is 10.2. The lowest BCUT2D eigenvalue weighted by Crippen LogP contribution is -2.40. The molecule has 0 aromatic rings. The maximum Gasteiger partial charge on any atom is 0.402 e. The van der Waals surface area contributed by atoms with Crippen molar-refractivity contribution in [2.75, 3.05) is 13.3 Å². The van der Waals surface area contributed by atoms with E-state index in [1.807, 2.05) is 0 Å². The number of ketones is 1. The fourth-order valence-electron chi connectivity index (χ4n) is 0.419. The van der Waals surface area contributed by atoms with Crippen molar-refractivity contribution in [1.82, 2.24) is 0 Å². The van der Waals surface area contributed by atoms with Gasteiger partial charge in [0.05, 0.1) is 6.61 Å².